The van der Waals surface area contributed by atoms with Gasteiger partial charge in [0.15, 0.2) is 0 Å². The second-order valence-electron chi connectivity index (χ2n) is 5.59. The van der Waals surface area contributed by atoms with E-state index < -0.39 is 5.60 Å². The number of benzene rings is 1. The SMILES string of the molecule is CCCNC(CC)c1ccccc1OCC(C)(O)CC. The quantitative estimate of drug-likeness (QED) is 0.724. The molecule has 0 amide bonds. The summed E-state index contributed by atoms with van der Waals surface area (Å²) in [7, 11) is 0. The van der Waals surface area contributed by atoms with Gasteiger partial charge in [-0.2, -0.15) is 0 Å². The Balaban J connectivity index is 2.81. The second kappa shape index (κ2) is 8.28. The number of rotatable bonds is 9. The highest BCUT2D eigenvalue weighted by Gasteiger charge is 2.20. The lowest BCUT2D eigenvalue weighted by atomic mass is 10.0. The van der Waals surface area contributed by atoms with Gasteiger partial charge in [0.25, 0.3) is 0 Å². The summed E-state index contributed by atoms with van der Waals surface area (Å²) in [6, 6.07) is 8.41. The zero-order valence-electron chi connectivity index (χ0n) is 13.3. The highest BCUT2D eigenvalue weighted by molar-refractivity contribution is 5.36. The van der Waals surface area contributed by atoms with Crippen LogP contribution in [0.5, 0.6) is 5.75 Å². The van der Waals surface area contributed by atoms with E-state index in [-0.39, 0.29) is 0 Å². The highest BCUT2D eigenvalue weighted by Crippen LogP contribution is 2.28. The third kappa shape index (κ3) is 5.14. The highest BCUT2D eigenvalue weighted by atomic mass is 16.5. The third-order valence-corrected chi connectivity index (χ3v) is 3.64. The minimum absolute atomic E-state index is 0.303. The maximum Gasteiger partial charge on any atom is 0.124 e. The lowest BCUT2D eigenvalue weighted by molar-refractivity contribution is 0.00802. The van der Waals surface area contributed by atoms with E-state index >= 15 is 0 Å². The van der Waals surface area contributed by atoms with Crippen molar-refractivity contribution in [3.8, 4) is 5.75 Å². The average molecular weight is 279 g/mol. The molecule has 2 unspecified atom stereocenters. The van der Waals surface area contributed by atoms with Crippen LogP contribution in [0.1, 0.15) is 58.6 Å². The fourth-order valence-electron chi connectivity index (χ4n) is 2.03. The average Bonchev–Trinajstić information content (AvgIpc) is 2.47. The van der Waals surface area contributed by atoms with Crippen molar-refractivity contribution in [3.63, 3.8) is 0 Å². The topological polar surface area (TPSA) is 41.5 Å². The van der Waals surface area contributed by atoms with E-state index in [0.717, 1.165) is 25.1 Å². The Morgan fingerprint density at radius 3 is 2.55 bits per heavy atom. The molecule has 1 aromatic rings. The molecule has 0 aliphatic carbocycles. The molecule has 2 atom stereocenters. The summed E-state index contributed by atoms with van der Waals surface area (Å²) in [6.07, 6.45) is 2.81. The monoisotopic (exact) mass is 279 g/mol. The number of ether oxygens (including phenoxy) is 1. The van der Waals surface area contributed by atoms with E-state index in [0.29, 0.717) is 19.1 Å². The van der Waals surface area contributed by atoms with Gasteiger partial charge >= 0.3 is 0 Å². The molecular weight excluding hydrogens is 250 g/mol. The van der Waals surface area contributed by atoms with Gasteiger partial charge in [-0.3, -0.25) is 0 Å². The van der Waals surface area contributed by atoms with E-state index in [9.17, 15) is 5.11 Å². The van der Waals surface area contributed by atoms with E-state index in [4.69, 9.17) is 4.74 Å². The van der Waals surface area contributed by atoms with Gasteiger partial charge < -0.3 is 15.2 Å². The summed E-state index contributed by atoms with van der Waals surface area (Å²) in [5.41, 5.74) is 0.404. The summed E-state index contributed by atoms with van der Waals surface area (Å²) in [4.78, 5) is 0. The lowest BCUT2D eigenvalue weighted by Gasteiger charge is -2.25. The van der Waals surface area contributed by atoms with Gasteiger partial charge in [0.05, 0.1) is 5.60 Å². The number of nitrogens with one attached hydrogen (secondary N) is 1. The standard InChI is InChI=1S/C17H29NO2/c1-5-12-18-15(6-2)14-10-8-9-11-16(14)20-13-17(4,19)7-3/h8-11,15,18-19H,5-7,12-13H2,1-4H3. The fraction of sp³-hybridized carbons (Fsp3) is 0.647. The van der Waals surface area contributed by atoms with Crippen LogP contribution in [0.4, 0.5) is 0 Å². The van der Waals surface area contributed by atoms with Gasteiger partial charge in [-0.15, -0.1) is 0 Å². The van der Waals surface area contributed by atoms with Crippen molar-refractivity contribution in [1.29, 1.82) is 0 Å². The first-order chi connectivity index (χ1) is 9.54. The van der Waals surface area contributed by atoms with Crippen molar-refractivity contribution in [1.82, 2.24) is 5.32 Å². The van der Waals surface area contributed by atoms with Gasteiger partial charge in [-0.05, 0) is 38.8 Å². The van der Waals surface area contributed by atoms with Crippen LogP contribution in [0.3, 0.4) is 0 Å². The first kappa shape index (κ1) is 17.0. The van der Waals surface area contributed by atoms with Crippen molar-refractivity contribution < 1.29 is 9.84 Å². The van der Waals surface area contributed by atoms with Crippen molar-refractivity contribution in [3.05, 3.63) is 29.8 Å². The second-order valence-corrected chi connectivity index (χ2v) is 5.59. The van der Waals surface area contributed by atoms with Crippen LogP contribution in [0.15, 0.2) is 24.3 Å². The van der Waals surface area contributed by atoms with E-state index in [1.54, 1.807) is 0 Å². The molecule has 0 aliphatic rings. The first-order valence-electron chi connectivity index (χ1n) is 7.71. The van der Waals surface area contributed by atoms with Crippen LogP contribution >= 0.6 is 0 Å². The number of para-hydroxylation sites is 1. The largest absolute Gasteiger partial charge is 0.490 e. The molecule has 0 radical (unpaired) electrons. The van der Waals surface area contributed by atoms with Gasteiger partial charge in [-0.25, -0.2) is 0 Å². The summed E-state index contributed by atoms with van der Waals surface area (Å²) in [6.45, 7) is 9.44. The Hall–Kier alpha value is -1.06. The van der Waals surface area contributed by atoms with Crippen molar-refractivity contribution in [2.45, 2.75) is 58.6 Å². The molecule has 114 valence electrons. The molecule has 20 heavy (non-hydrogen) atoms. The molecule has 0 bridgehead atoms. The maximum absolute atomic E-state index is 10.1. The maximum atomic E-state index is 10.1. The van der Waals surface area contributed by atoms with Gasteiger partial charge in [0, 0.05) is 11.6 Å². The predicted molar refractivity (Wildman–Crippen MR) is 84.2 cm³/mol. The zero-order valence-corrected chi connectivity index (χ0v) is 13.3. The molecule has 0 aromatic heterocycles. The molecule has 0 saturated heterocycles. The van der Waals surface area contributed by atoms with Gasteiger partial charge in [-0.1, -0.05) is 39.0 Å². The van der Waals surface area contributed by atoms with E-state index in [1.807, 2.05) is 32.0 Å². The summed E-state index contributed by atoms with van der Waals surface area (Å²) < 4.78 is 5.87. The molecule has 2 N–H and O–H groups in total. The fourth-order valence-corrected chi connectivity index (χ4v) is 2.03. The summed E-state index contributed by atoms with van der Waals surface area (Å²) in [5, 5.41) is 13.6. The predicted octanol–water partition coefficient (Wildman–Crippen LogP) is 3.68. The Labute approximate surface area is 123 Å². The smallest absolute Gasteiger partial charge is 0.124 e. The molecule has 1 rings (SSSR count). The minimum Gasteiger partial charge on any atom is -0.490 e. The van der Waals surface area contributed by atoms with Crippen molar-refractivity contribution >= 4 is 0 Å². The summed E-state index contributed by atoms with van der Waals surface area (Å²) >= 11 is 0. The Morgan fingerprint density at radius 2 is 1.95 bits per heavy atom. The Morgan fingerprint density at radius 1 is 1.25 bits per heavy atom. The molecule has 0 saturated carbocycles. The Kier molecular flexibility index (Phi) is 7.03. The molecule has 3 nitrogen and oxygen atoms in total. The van der Waals surface area contributed by atoms with E-state index in [1.165, 1.54) is 5.56 Å². The van der Waals surface area contributed by atoms with Crippen LogP contribution in [0.25, 0.3) is 0 Å². The van der Waals surface area contributed by atoms with Gasteiger partial charge in [0.2, 0.25) is 0 Å². The van der Waals surface area contributed by atoms with Crippen LogP contribution in [-0.4, -0.2) is 23.9 Å². The molecule has 0 fully saturated rings. The molecule has 3 heteroatoms. The van der Waals surface area contributed by atoms with Crippen molar-refractivity contribution in [2.75, 3.05) is 13.2 Å². The number of aliphatic hydroxyl groups is 1. The van der Waals surface area contributed by atoms with Crippen LogP contribution < -0.4 is 10.1 Å². The van der Waals surface area contributed by atoms with Gasteiger partial charge in [0.1, 0.15) is 12.4 Å². The molecular formula is C17H29NO2. The number of hydrogen-bond acceptors (Lipinski definition) is 3. The zero-order chi connectivity index (χ0) is 15.0. The molecule has 0 aliphatic heterocycles. The summed E-state index contributed by atoms with van der Waals surface area (Å²) in [5.74, 6) is 0.872. The number of hydrogen-bond donors (Lipinski definition) is 2. The third-order valence-electron chi connectivity index (χ3n) is 3.64. The molecule has 0 heterocycles. The minimum atomic E-state index is -0.772. The molecule has 1 aromatic carbocycles. The first-order valence-corrected chi connectivity index (χ1v) is 7.71. The van der Waals surface area contributed by atoms with Crippen LogP contribution in [0.2, 0.25) is 0 Å². The van der Waals surface area contributed by atoms with E-state index in [2.05, 4.69) is 25.2 Å². The van der Waals surface area contributed by atoms with Crippen LogP contribution in [-0.2, 0) is 0 Å². The normalized spacial score (nSPS) is 15.7. The Bertz CT molecular complexity index is 390. The molecule has 0 spiro atoms. The van der Waals surface area contributed by atoms with Crippen LogP contribution in [0, 0.1) is 0 Å². The van der Waals surface area contributed by atoms with Crippen molar-refractivity contribution in [2.24, 2.45) is 0 Å². The lowest BCUT2D eigenvalue weighted by Crippen LogP contribution is -2.31.